The predicted molar refractivity (Wildman–Crippen MR) is 124 cm³/mol. The molecule has 0 saturated heterocycles. The van der Waals surface area contributed by atoms with E-state index in [1.54, 1.807) is 33.3 Å². The van der Waals surface area contributed by atoms with E-state index in [0.29, 0.717) is 29.5 Å². The average molecular weight is 429 g/mol. The first kappa shape index (κ1) is 21.1. The fourth-order valence-corrected chi connectivity index (χ4v) is 3.43. The minimum Gasteiger partial charge on any atom is -0.497 e. The fraction of sp³-hybridized carbons (Fsp3) is 0.160. The first-order valence-corrected chi connectivity index (χ1v) is 10.2. The molecular formula is C25H23N3O4. The number of carbonyl (C=O) groups excluding carboxylic acids is 1. The van der Waals surface area contributed by atoms with Crippen LogP contribution in [0.15, 0.2) is 66.7 Å². The number of aromatic nitrogens is 2. The van der Waals surface area contributed by atoms with Gasteiger partial charge in [0.15, 0.2) is 5.82 Å². The monoisotopic (exact) mass is 429 g/mol. The van der Waals surface area contributed by atoms with Crippen molar-refractivity contribution in [1.82, 2.24) is 10.2 Å². The van der Waals surface area contributed by atoms with E-state index in [4.69, 9.17) is 14.2 Å². The summed E-state index contributed by atoms with van der Waals surface area (Å²) >= 11 is 0. The smallest absolute Gasteiger partial charge is 0.338 e. The fourth-order valence-electron chi connectivity index (χ4n) is 3.43. The van der Waals surface area contributed by atoms with Crippen LogP contribution in [0.4, 0.5) is 11.5 Å². The van der Waals surface area contributed by atoms with Crippen molar-refractivity contribution in [1.29, 1.82) is 0 Å². The molecule has 0 fully saturated rings. The highest BCUT2D eigenvalue weighted by molar-refractivity contribution is 6.01. The zero-order valence-corrected chi connectivity index (χ0v) is 18.1. The molecule has 3 aromatic carbocycles. The highest BCUT2D eigenvalue weighted by Gasteiger charge is 2.14. The largest absolute Gasteiger partial charge is 0.497 e. The van der Waals surface area contributed by atoms with Gasteiger partial charge in [0, 0.05) is 22.4 Å². The second-order valence-corrected chi connectivity index (χ2v) is 6.93. The number of ether oxygens (including phenoxy) is 3. The molecule has 1 aromatic heterocycles. The van der Waals surface area contributed by atoms with E-state index >= 15 is 0 Å². The molecule has 32 heavy (non-hydrogen) atoms. The SMILES string of the molecule is CCOC(=O)c1ccc(-c2nnc(Nc3cc(OC)ccc3OC)c3ccccc23)cc1. The number of anilines is 2. The highest BCUT2D eigenvalue weighted by Crippen LogP contribution is 2.35. The van der Waals surface area contributed by atoms with Crippen molar-refractivity contribution in [3.63, 3.8) is 0 Å². The Morgan fingerprint density at radius 3 is 2.34 bits per heavy atom. The molecule has 0 aliphatic carbocycles. The van der Waals surface area contributed by atoms with Crippen LogP contribution in [0.25, 0.3) is 22.0 Å². The number of esters is 1. The third-order valence-corrected chi connectivity index (χ3v) is 5.02. The van der Waals surface area contributed by atoms with Crippen LogP contribution in [-0.4, -0.2) is 37.0 Å². The molecule has 7 nitrogen and oxygen atoms in total. The van der Waals surface area contributed by atoms with Gasteiger partial charge in [-0.15, -0.1) is 10.2 Å². The molecule has 162 valence electrons. The van der Waals surface area contributed by atoms with Crippen LogP contribution >= 0.6 is 0 Å². The standard InChI is InChI=1S/C25H23N3O4/c1-4-32-25(29)17-11-9-16(10-12-17)23-19-7-5-6-8-20(19)24(28-27-23)26-21-15-18(30-2)13-14-22(21)31-3/h5-15H,4H2,1-3H3,(H,26,28). The molecular weight excluding hydrogens is 406 g/mol. The normalized spacial score (nSPS) is 10.6. The lowest BCUT2D eigenvalue weighted by molar-refractivity contribution is 0.0526. The Labute approximate surface area is 186 Å². The second kappa shape index (κ2) is 9.34. The molecule has 1 N–H and O–H groups in total. The van der Waals surface area contributed by atoms with Gasteiger partial charge in [-0.05, 0) is 31.2 Å². The maximum atomic E-state index is 11.9. The van der Waals surface area contributed by atoms with E-state index < -0.39 is 0 Å². The molecule has 4 aromatic rings. The van der Waals surface area contributed by atoms with Crippen molar-refractivity contribution >= 4 is 28.2 Å². The first-order chi connectivity index (χ1) is 15.6. The average Bonchev–Trinajstić information content (AvgIpc) is 2.84. The summed E-state index contributed by atoms with van der Waals surface area (Å²) in [5, 5.41) is 14.1. The Bertz CT molecular complexity index is 1260. The summed E-state index contributed by atoms with van der Waals surface area (Å²) in [5.74, 6) is 1.61. The Balaban J connectivity index is 1.74. The van der Waals surface area contributed by atoms with Crippen LogP contribution in [0.1, 0.15) is 17.3 Å². The maximum Gasteiger partial charge on any atom is 0.338 e. The number of carbonyl (C=O) groups is 1. The number of hydrogen-bond donors (Lipinski definition) is 1. The summed E-state index contributed by atoms with van der Waals surface area (Å²) in [5.41, 5.74) is 2.79. The number of hydrogen-bond acceptors (Lipinski definition) is 7. The summed E-state index contributed by atoms with van der Waals surface area (Å²) in [6.45, 7) is 2.12. The van der Waals surface area contributed by atoms with Crippen LogP contribution in [-0.2, 0) is 4.74 Å². The van der Waals surface area contributed by atoms with E-state index in [1.807, 2.05) is 54.6 Å². The van der Waals surface area contributed by atoms with Crippen LogP contribution in [0.5, 0.6) is 11.5 Å². The topological polar surface area (TPSA) is 82.6 Å². The number of nitrogens with zero attached hydrogens (tertiary/aromatic N) is 2. The van der Waals surface area contributed by atoms with Crippen molar-refractivity contribution in [2.75, 3.05) is 26.1 Å². The molecule has 0 unspecified atom stereocenters. The predicted octanol–water partition coefficient (Wildman–Crippen LogP) is 5.23. The molecule has 1 heterocycles. The van der Waals surface area contributed by atoms with Gasteiger partial charge in [0.05, 0.1) is 32.1 Å². The van der Waals surface area contributed by atoms with Crippen molar-refractivity contribution in [3.8, 4) is 22.8 Å². The summed E-state index contributed by atoms with van der Waals surface area (Å²) in [7, 11) is 3.22. The molecule has 4 rings (SSSR count). The third-order valence-electron chi connectivity index (χ3n) is 5.02. The van der Waals surface area contributed by atoms with Crippen LogP contribution in [0, 0.1) is 0 Å². The molecule has 0 saturated carbocycles. The number of benzene rings is 3. The quantitative estimate of drug-likeness (QED) is 0.403. The lowest BCUT2D eigenvalue weighted by Gasteiger charge is -2.14. The Morgan fingerprint density at radius 1 is 0.906 bits per heavy atom. The van der Waals surface area contributed by atoms with Crippen molar-refractivity contribution < 1.29 is 19.0 Å². The summed E-state index contributed by atoms with van der Waals surface area (Å²) in [6, 6.07) is 20.5. The van der Waals surface area contributed by atoms with Gasteiger partial charge in [-0.2, -0.15) is 0 Å². The van der Waals surface area contributed by atoms with Crippen molar-refractivity contribution in [3.05, 3.63) is 72.3 Å². The molecule has 7 heteroatoms. The first-order valence-electron chi connectivity index (χ1n) is 10.2. The van der Waals surface area contributed by atoms with Gasteiger partial charge in [-0.1, -0.05) is 36.4 Å². The van der Waals surface area contributed by atoms with E-state index in [2.05, 4.69) is 15.5 Å². The molecule has 0 bridgehead atoms. The van der Waals surface area contributed by atoms with Gasteiger partial charge < -0.3 is 19.5 Å². The van der Waals surface area contributed by atoms with Gasteiger partial charge in [-0.25, -0.2) is 4.79 Å². The minimum atomic E-state index is -0.346. The number of methoxy groups -OCH3 is 2. The summed E-state index contributed by atoms with van der Waals surface area (Å²) in [4.78, 5) is 11.9. The van der Waals surface area contributed by atoms with Crippen LogP contribution in [0.2, 0.25) is 0 Å². The van der Waals surface area contributed by atoms with Gasteiger partial charge in [0.2, 0.25) is 0 Å². The lowest BCUT2D eigenvalue weighted by atomic mass is 10.0. The summed E-state index contributed by atoms with van der Waals surface area (Å²) < 4.78 is 15.9. The molecule has 0 amide bonds. The molecule has 0 radical (unpaired) electrons. The molecule has 0 atom stereocenters. The Kier molecular flexibility index (Phi) is 6.17. The van der Waals surface area contributed by atoms with Crippen molar-refractivity contribution in [2.45, 2.75) is 6.92 Å². The summed E-state index contributed by atoms with van der Waals surface area (Å²) in [6.07, 6.45) is 0. The van der Waals surface area contributed by atoms with Gasteiger partial charge in [-0.3, -0.25) is 0 Å². The van der Waals surface area contributed by atoms with Gasteiger partial charge in [0.25, 0.3) is 0 Å². The zero-order chi connectivity index (χ0) is 22.5. The van der Waals surface area contributed by atoms with E-state index in [0.717, 1.165) is 27.7 Å². The molecule has 0 aliphatic heterocycles. The van der Waals surface area contributed by atoms with Crippen LogP contribution in [0.3, 0.4) is 0 Å². The Hall–Kier alpha value is -4.13. The number of fused-ring (bicyclic) bond motifs is 1. The van der Waals surface area contributed by atoms with Crippen LogP contribution < -0.4 is 14.8 Å². The number of rotatable bonds is 7. The van der Waals surface area contributed by atoms with Crippen molar-refractivity contribution in [2.24, 2.45) is 0 Å². The maximum absolute atomic E-state index is 11.9. The second-order valence-electron chi connectivity index (χ2n) is 6.93. The molecule has 0 spiro atoms. The molecule has 0 aliphatic rings. The van der Waals surface area contributed by atoms with E-state index in [-0.39, 0.29) is 5.97 Å². The highest BCUT2D eigenvalue weighted by atomic mass is 16.5. The van der Waals surface area contributed by atoms with Gasteiger partial charge >= 0.3 is 5.97 Å². The lowest BCUT2D eigenvalue weighted by Crippen LogP contribution is -2.04. The van der Waals surface area contributed by atoms with E-state index in [9.17, 15) is 4.79 Å². The minimum absolute atomic E-state index is 0.337. The third kappa shape index (κ3) is 4.18. The van der Waals surface area contributed by atoms with Gasteiger partial charge in [0.1, 0.15) is 17.2 Å². The zero-order valence-electron chi connectivity index (χ0n) is 18.1. The Morgan fingerprint density at radius 2 is 1.66 bits per heavy atom. The van der Waals surface area contributed by atoms with E-state index in [1.165, 1.54) is 0 Å². The number of nitrogens with one attached hydrogen (secondary N) is 1.